The minimum atomic E-state index is 0.0614. The second-order valence-electron chi connectivity index (χ2n) is 4.78. The number of fused-ring (bicyclic) bond motifs is 1. The molecule has 2 aromatic heterocycles. The Morgan fingerprint density at radius 3 is 3.11 bits per heavy atom. The Balaban J connectivity index is 1.53. The van der Waals surface area contributed by atoms with Crippen LogP contribution in [-0.4, -0.2) is 17.4 Å². The predicted octanol–water partition coefficient (Wildman–Crippen LogP) is 2.97. The van der Waals surface area contributed by atoms with E-state index in [1.807, 2.05) is 6.92 Å². The molecule has 0 radical (unpaired) electrons. The molecule has 2 heterocycles. The van der Waals surface area contributed by atoms with Gasteiger partial charge in [-0.3, -0.25) is 4.79 Å². The van der Waals surface area contributed by atoms with E-state index >= 15 is 0 Å². The fourth-order valence-corrected chi connectivity index (χ4v) is 4.17. The van der Waals surface area contributed by atoms with Gasteiger partial charge in [-0.1, -0.05) is 0 Å². The molecule has 3 nitrogen and oxygen atoms in total. The molecule has 0 aromatic carbocycles. The van der Waals surface area contributed by atoms with E-state index in [9.17, 15) is 4.79 Å². The van der Waals surface area contributed by atoms with E-state index < -0.39 is 0 Å². The molecule has 1 amide bonds. The first-order valence-corrected chi connectivity index (χ1v) is 8.23. The molecule has 0 unspecified atom stereocenters. The molecule has 1 N–H and O–H groups in total. The molecule has 2 aromatic rings. The van der Waals surface area contributed by atoms with Gasteiger partial charge in [-0.05, 0) is 37.8 Å². The lowest BCUT2D eigenvalue weighted by Crippen LogP contribution is -2.24. The molecule has 1 aliphatic rings. The second-order valence-corrected chi connectivity index (χ2v) is 6.98. The van der Waals surface area contributed by atoms with Gasteiger partial charge in [0.15, 0.2) is 0 Å². The zero-order chi connectivity index (χ0) is 13.2. The van der Waals surface area contributed by atoms with Crippen molar-refractivity contribution in [2.45, 2.75) is 32.6 Å². The van der Waals surface area contributed by atoms with Crippen LogP contribution in [0.15, 0.2) is 11.4 Å². The van der Waals surface area contributed by atoms with E-state index in [1.54, 1.807) is 22.7 Å². The molecule has 19 heavy (non-hydrogen) atoms. The Bertz CT molecular complexity index is 579. The van der Waals surface area contributed by atoms with E-state index in [0.717, 1.165) is 34.8 Å². The summed E-state index contributed by atoms with van der Waals surface area (Å²) in [5, 5.41) is 6.12. The van der Waals surface area contributed by atoms with E-state index in [2.05, 4.69) is 21.7 Å². The average Bonchev–Trinajstić information content (AvgIpc) is 3.03. The molecule has 100 valence electrons. The quantitative estimate of drug-likeness (QED) is 0.941. The minimum Gasteiger partial charge on any atom is -0.351 e. The fraction of sp³-hybridized carbons (Fsp3) is 0.429. The smallest absolute Gasteiger partial charge is 0.261 e. The van der Waals surface area contributed by atoms with Crippen molar-refractivity contribution in [1.82, 2.24) is 10.3 Å². The van der Waals surface area contributed by atoms with Crippen LogP contribution in [0.2, 0.25) is 0 Å². The van der Waals surface area contributed by atoms with Crippen LogP contribution in [0.4, 0.5) is 0 Å². The molecular weight excluding hydrogens is 276 g/mol. The first kappa shape index (κ1) is 12.8. The third-order valence-corrected chi connectivity index (χ3v) is 5.36. The molecule has 0 aliphatic heterocycles. The first-order valence-electron chi connectivity index (χ1n) is 6.53. The molecule has 0 spiro atoms. The van der Waals surface area contributed by atoms with Crippen molar-refractivity contribution in [2.75, 3.05) is 6.54 Å². The number of rotatable bonds is 4. The zero-order valence-electron chi connectivity index (χ0n) is 10.9. The Hall–Kier alpha value is -1.20. The van der Waals surface area contributed by atoms with Crippen molar-refractivity contribution in [1.29, 1.82) is 0 Å². The lowest BCUT2D eigenvalue weighted by molar-refractivity contribution is 0.0958. The number of aromatic nitrogens is 1. The highest BCUT2D eigenvalue weighted by atomic mass is 32.1. The number of thiazole rings is 1. The van der Waals surface area contributed by atoms with E-state index in [4.69, 9.17) is 0 Å². The largest absolute Gasteiger partial charge is 0.351 e. The summed E-state index contributed by atoms with van der Waals surface area (Å²) in [6, 6.07) is 2.06. The maximum Gasteiger partial charge on any atom is 0.261 e. The van der Waals surface area contributed by atoms with E-state index in [-0.39, 0.29) is 5.91 Å². The average molecular weight is 292 g/mol. The van der Waals surface area contributed by atoms with Crippen LogP contribution in [0.25, 0.3) is 0 Å². The lowest BCUT2D eigenvalue weighted by Gasteiger charge is -2.01. The number of hydrogen-bond donors (Lipinski definition) is 1. The maximum atomic E-state index is 12.0. The molecular formula is C14H16N2OS2. The number of hydrogen-bond acceptors (Lipinski definition) is 4. The van der Waals surface area contributed by atoms with Crippen molar-refractivity contribution >= 4 is 28.6 Å². The summed E-state index contributed by atoms with van der Waals surface area (Å²) in [5.74, 6) is 0.0614. The third-order valence-electron chi connectivity index (χ3n) is 3.30. The number of amides is 1. The van der Waals surface area contributed by atoms with Crippen molar-refractivity contribution in [2.24, 2.45) is 0 Å². The standard InChI is InChI=1S/C14H16N2OS2/c1-9-16-11(8-18-9)5-6-15-14(17)13-7-10-3-2-4-12(10)19-13/h7-8H,2-6H2,1H3,(H,15,17). The highest BCUT2D eigenvalue weighted by Crippen LogP contribution is 2.30. The Morgan fingerprint density at radius 1 is 1.47 bits per heavy atom. The number of carbonyl (C=O) groups excluding carboxylic acids is 1. The third kappa shape index (κ3) is 2.87. The van der Waals surface area contributed by atoms with E-state index in [0.29, 0.717) is 6.54 Å². The van der Waals surface area contributed by atoms with Gasteiger partial charge in [-0.25, -0.2) is 4.98 Å². The summed E-state index contributed by atoms with van der Waals surface area (Å²) in [6.07, 6.45) is 4.33. The van der Waals surface area contributed by atoms with E-state index in [1.165, 1.54) is 16.9 Å². The van der Waals surface area contributed by atoms with Crippen LogP contribution in [0, 0.1) is 6.92 Å². The molecule has 0 saturated heterocycles. The molecule has 0 fully saturated rings. The van der Waals surface area contributed by atoms with Crippen LogP contribution in [0.1, 0.15) is 37.2 Å². The lowest BCUT2D eigenvalue weighted by atomic mass is 10.2. The summed E-state index contributed by atoms with van der Waals surface area (Å²) in [5.41, 5.74) is 2.45. The molecule has 1 aliphatic carbocycles. The van der Waals surface area contributed by atoms with Crippen LogP contribution >= 0.6 is 22.7 Å². The highest BCUT2D eigenvalue weighted by Gasteiger charge is 2.18. The van der Waals surface area contributed by atoms with Crippen molar-refractivity contribution in [3.05, 3.63) is 37.5 Å². The predicted molar refractivity (Wildman–Crippen MR) is 79.2 cm³/mol. The van der Waals surface area contributed by atoms with Crippen molar-refractivity contribution in [3.8, 4) is 0 Å². The van der Waals surface area contributed by atoms with Gasteiger partial charge < -0.3 is 5.32 Å². The number of thiophene rings is 1. The maximum absolute atomic E-state index is 12.0. The molecule has 3 rings (SSSR count). The number of aryl methyl sites for hydroxylation is 3. The fourth-order valence-electron chi connectivity index (χ4n) is 2.36. The summed E-state index contributed by atoms with van der Waals surface area (Å²) < 4.78 is 0. The number of nitrogens with one attached hydrogen (secondary N) is 1. The van der Waals surface area contributed by atoms with Crippen LogP contribution in [0.5, 0.6) is 0 Å². The second kappa shape index (κ2) is 5.43. The summed E-state index contributed by atoms with van der Waals surface area (Å²) in [7, 11) is 0. The van der Waals surface area contributed by atoms with Gasteiger partial charge in [0.25, 0.3) is 5.91 Å². The summed E-state index contributed by atoms with van der Waals surface area (Å²) in [6.45, 7) is 2.66. The van der Waals surface area contributed by atoms with Crippen LogP contribution in [0.3, 0.4) is 0 Å². The monoisotopic (exact) mass is 292 g/mol. The molecule has 0 atom stereocenters. The van der Waals surface area contributed by atoms with Gasteiger partial charge in [0, 0.05) is 23.2 Å². The first-order chi connectivity index (χ1) is 9.22. The zero-order valence-corrected chi connectivity index (χ0v) is 12.5. The summed E-state index contributed by atoms with van der Waals surface area (Å²) in [4.78, 5) is 18.7. The van der Waals surface area contributed by atoms with Gasteiger partial charge in [0.05, 0.1) is 15.6 Å². The normalized spacial score (nSPS) is 13.5. The van der Waals surface area contributed by atoms with Crippen molar-refractivity contribution in [3.63, 3.8) is 0 Å². The van der Waals surface area contributed by atoms with Crippen LogP contribution in [-0.2, 0) is 19.3 Å². The molecule has 0 saturated carbocycles. The van der Waals surface area contributed by atoms with Gasteiger partial charge in [-0.2, -0.15) is 0 Å². The number of nitrogens with zero attached hydrogens (tertiary/aromatic N) is 1. The van der Waals surface area contributed by atoms with Gasteiger partial charge >= 0.3 is 0 Å². The Morgan fingerprint density at radius 2 is 2.37 bits per heavy atom. The highest BCUT2D eigenvalue weighted by molar-refractivity contribution is 7.14. The Kier molecular flexibility index (Phi) is 3.66. The van der Waals surface area contributed by atoms with Crippen molar-refractivity contribution < 1.29 is 4.79 Å². The number of carbonyl (C=O) groups is 1. The summed E-state index contributed by atoms with van der Waals surface area (Å²) >= 11 is 3.31. The van der Waals surface area contributed by atoms with Crippen LogP contribution < -0.4 is 5.32 Å². The van der Waals surface area contributed by atoms with Gasteiger partial charge in [-0.15, -0.1) is 22.7 Å². The molecule has 0 bridgehead atoms. The Labute approximate surface area is 120 Å². The minimum absolute atomic E-state index is 0.0614. The molecule has 5 heteroatoms. The SMILES string of the molecule is Cc1nc(CCNC(=O)c2cc3c(s2)CCC3)cs1. The topological polar surface area (TPSA) is 42.0 Å². The van der Waals surface area contributed by atoms with Gasteiger partial charge in [0.1, 0.15) is 0 Å². The van der Waals surface area contributed by atoms with Gasteiger partial charge in [0.2, 0.25) is 0 Å².